The number of carbonyl (C=O) groups is 1. The van der Waals surface area contributed by atoms with E-state index >= 15 is 0 Å². The lowest BCUT2D eigenvalue weighted by Crippen LogP contribution is -2.40. The minimum atomic E-state index is -3.60. The molecule has 1 heterocycles. The number of piperidine rings is 1. The number of aryl methyl sites for hydroxylation is 1. The van der Waals surface area contributed by atoms with Gasteiger partial charge in [-0.05, 0) is 44.5 Å². The van der Waals surface area contributed by atoms with Crippen molar-refractivity contribution in [3.63, 3.8) is 0 Å². The summed E-state index contributed by atoms with van der Waals surface area (Å²) in [6, 6.07) is 4.53. The number of hydrogen-bond acceptors (Lipinski definition) is 5. The van der Waals surface area contributed by atoms with E-state index in [0.29, 0.717) is 31.6 Å². The van der Waals surface area contributed by atoms with E-state index in [0.717, 1.165) is 11.8 Å². The van der Waals surface area contributed by atoms with Gasteiger partial charge in [0.05, 0.1) is 11.2 Å². The molecular weight excluding hydrogens is 366 g/mol. The molecule has 140 valence electrons. The summed E-state index contributed by atoms with van der Waals surface area (Å²) in [5.74, 6) is -0.530. The molecule has 25 heavy (non-hydrogen) atoms. The van der Waals surface area contributed by atoms with Gasteiger partial charge in [0.1, 0.15) is 0 Å². The Labute approximate surface area is 148 Å². The maximum atomic E-state index is 12.5. The highest BCUT2D eigenvalue weighted by atomic mass is 32.2. The van der Waals surface area contributed by atoms with Gasteiger partial charge in [-0.15, -0.1) is 0 Å². The quantitative estimate of drug-likeness (QED) is 0.762. The Hall–Kier alpha value is -1.49. The van der Waals surface area contributed by atoms with Gasteiger partial charge in [-0.3, -0.25) is 4.79 Å². The van der Waals surface area contributed by atoms with E-state index < -0.39 is 20.0 Å². The molecule has 0 spiro atoms. The SMILES string of the molecule is CNS(=O)(=O)c1ccc(C)c(NC(=O)C2CCN(S(C)(=O)=O)CC2)c1. The van der Waals surface area contributed by atoms with Crippen molar-refractivity contribution in [2.24, 2.45) is 5.92 Å². The average Bonchev–Trinajstić information content (AvgIpc) is 2.56. The predicted molar refractivity (Wildman–Crippen MR) is 95.2 cm³/mol. The van der Waals surface area contributed by atoms with Crippen molar-refractivity contribution >= 4 is 31.6 Å². The van der Waals surface area contributed by atoms with Gasteiger partial charge in [-0.1, -0.05) is 6.07 Å². The van der Waals surface area contributed by atoms with Crippen LogP contribution in [0.15, 0.2) is 23.1 Å². The second kappa shape index (κ2) is 7.40. The van der Waals surface area contributed by atoms with Crippen LogP contribution in [-0.4, -0.2) is 53.4 Å². The van der Waals surface area contributed by atoms with E-state index in [1.54, 1.807) is 13.0 Å². The topological polar surface area (TPSA) is 113 Å². The lowest BCUT2D eigenvalue weighted by atomic mass is 9.97. The number of carbonyl (C=O) groups excluding carboxylic acids is 1. The Bertz CT molecular complexity index is 857. The highest BCUT2D eigenvalue weighted by Gasteiger charge is 2.29. The zero-order valence-corrected chi connectivity index (χ0v) is 16.1. The highest BCUT2D eigenvalue weighted by molar-refractivity contribution is 7.89. The van der Waals surface area contributed by atoms with Gasteiger partial charge in [0.25, 0.3) is 0 Å². The molecule has 1 amide bonds. The first-order valence-corrected chi connectivity index (χ1v) is 11.2. The molecule has 10 heteroatoms. The lowest BCUT2D eigenvalue weighted by Gasteiger charge is -2.29. The summed E-state index contributed by atoms with van der Waals surface area (Å²) < 4.78 is 50.4. The van der Waals surface area contributed by atoms with Crippen LogP contribution < -0.4 is 10.0 Å². The molecule has 0 bridgehead atoms. The molecular formula is C15H23N3O5S2. The highest BCUT2D eigenvalue weighted by Crippen LogP contribution is 2.24. The van der Waals surface area contributed by atoms with E-state index in [1.807, 2.05) is 0 Å². The summed E-state index contributed by atoms with van der Waals surface area (Å²) in [7, 11) is -5.51. The van der Waals surface area contributed by atoms with Crippen molar-refractivity contribution in [3.05, 3.63) is 23.8 Å². The number of rotatable bonds is 5. The maximum Gasteiger partial charge on any atom is 0.240 e. The van der Waals surface area contributed by atoms with Crippen LogP contribution >= 0.6 is 0 Å². The molecule has 0 atom stereocenters. The largest absolute Gasteiger partial charge is 0.326 e. The molecule has 0 aromatic heterocycles. The number of benzene rings is 1. The smallest absolute Gasteiger partial charge is 0.240 e. The molecule has 1 aliphatic heterocycles. The first-order valence-electron chi connectivity index (χ1n) is 7.85. The second-order valence-corrected chi connectivity index (χ2v) is 9.98. The van der Waals surface area contributed by atoms with Crippen molar-refractivity contribution in [2.75, 3.05) is 31.7 Å². The van der Waals surface area contributed by atoms with Crippen LogP contribution in [0.2, 0.25) is 0 Å². The molecule has 1 saturated heterocycles. The minimum absolute atomic E-state index is 0.0720. The first kappa shape index (κ1) is 19.8. The van der Waals surface area contributed by atoms with Crippen LogP contribution in [0.5, 0.6) is 0 Å². The first-order chi connectivity index (χ1) is 11.5. The van der Waals surface area contributed by atoms with Gasteiger partial charge < -0.3 is 5.32 Å². The Balaban J connectivity index is 2.10. The van der Waals surface area contributed by atoms with Gasteiger partial charge in [0.2, 0.25) is 26.0 Å². The van der Waals surface area contributed by atoms with Crippen LogP contribution in [0.3, 0.4) is 0 Å². The second-order valence-electron chi connectivity index (χ2n) is 6.11. The number of anilines is 1. The van der Waals surface area contributed by atoms with Gasteiger partial charge in [0.15, 0.2) is 0 Å². The maximum absolute atomic E-state index is 12.5. The fraction of sp³-hybridized carbons (Fsp3) is 0.533. The zero-order valence-electron chi connectivity index (χ0n) is 14.4. The molecule has 1 aromatic carbocycles. The van der Waals surface area contributed by atoms with E-state index in [4.69, 9.17) is 0 Å². The summed E-state index contributed by atoms with van der Waals surface area (Å²) in [6.07, 6.45) is 2.03. The van der Waals surface area contributed by atoms with E-state index in [-0.39, 0.29) is 16.7 Å². The fourth-order valence-electron chi connectivity index (χ4n) is 2.71. The average molecular weight is 389 g/mol. The molecule has 0 saturated carbocycles. The summed E-state index contributed by atoms with van der Waals surface area (Å²) in [4.78, 5) is 12.5. The van der Waals surface area contributed by atoms with E-state index in [9.17, 15) is 21.6 Å². The van der Waals surface area contributed by atoms with Crippen molar-refractivity contribution in [3.8, 4) is 0 Å². The van der Waals surface area contributed by atoms with Crippen LogP contribution in [0.25, 0.3) is 0 Å². The van der Waals surface area contributed by atoms with Crippen molar-refractivity contribution in [1.29, 1.82) is 0 Å². The van der Waals surface area contributed by atoms with Crippen molar-refractivity contribution in [1.82, 2.24) is 9.03 Å². The minimum Gasteiger partial charge on any atom is -0.326 e. The van der Waals surface area contributed by atoms with Gasteiger partial charge >= 0.3 is 0 Å². The zero-order chi connectivity index (χ0) is 18.8. The molecule has 1 aliphatic rings. The Kier molecular flexibility index (Phi) is 5.87. The summed E-state index contributed by atoms with van der Waals surface area (Å²) in [5.41, 5.74) is 1.18. The summed E-state index contributed by atoms with van der Waals surface area (Å²) >= 11 is 0. The standard InChI is InChI=1S/C15H23N3O5S2/c1-11-4-5-13(25(22,23)16-2)10-14(11)17-15(19)12-6-8-18(9-7-12)24(3,20)21/h4-5,10,12,16H,6-9H2,1-3H3,(H,17,19). The van der Waals surface area contributed by atoms with E-state index in [1.165, 1.54) is 23.5 Å². The third-order valence-corrected chi connectivity index (χ3v) is 7.05. The molecule has 1 fully saturated rings. The summed E-state index contributed by atoms with van der Waals surface area (Å²) in [5, 5.41) is 2.77. The predicted octanol–water partition coefficient (Wildman–Crippen LogP) is 0.513. The fourth-order valence-corrected chi connectivity index (χ4v) is 4.34. The van der Waals surface area contributed by atoms with Crippen LogP contribution in [0.4, 0.5) is 5.69 Å². The molecule has 8 nitrogen and oxygen atoms in total. The van der Waals surface area contributed by atoms with Crippen LogP contribution in [0.1, 0.15) is 18.4 Å². The Morgan fingerprint density at radius 1 is 1.16 bits per heavy atom. The Morgan fingerprint density at radius 2 is 1.76 bits per heavy atom. The van der Waals surface area contributed by atoms with E-state index in [2.05, 4.69) is 10.0 Å². The molecule has 1 aromatic rings. The summed E-state index contributed by atoms with van der Waals surface area (Å²) in [6.45, 7) is 2.39. The van der Waals surface area contributed by atoms with Crippen LogP contribution in [0, 0.1) is 12.8 Å². The Morgan fingerprint density at radius 3 is 2.28 bits per heavy atom. The number of nitrogens with zero attached hydrogens (tertiary/aromatic N) is 1. The van der Waals surface area contributed by atoms with Gasteiger partial charge in [0, 0.05) is 24.7 Å². The number of sulfonamides is 2. The monoisotopic (exact) mass is 389 g/mol. The molecule has 0 radical (unpaired) electrons. The van der Waals surface area contributed by atoms with Crippen LogP contribution in [-0.2, 0) is 24.8 Å². The number of amides is 1. The van der Waals surface area contributed by atoms with Gasteiger partial charge in [-0.2, -0.15) is 0 Å². The van der Waals surface area contributed by atoms with Crippen molar-refractivity contribution < 1.29 is 21.6 Å². The van der Waals surface area contributed by atoms with Gasteiger partial charge in [-0.25, -0.2) is 25.9 Å². The third-order valence-electron chi connectivity index (χ3n) is 4.34. The molecule has 0 unspecified atom stereocenters. The third kappa shape index (κ3) is 4.78. The lowest BCUT2D eigenvalue weighted by molar-refractivity contribution is -0.120. The van der Waals surface area contributed by atoms with Crippen molar-refractivity contribution in [2.45, 2.75) is 24.7 Å². The molecule has 2 rings (SSSR count). The molecule has 0 aliphatic carbocycles. The number of nitrogens with one attached hydrogen (secondary N) is 2. The molecule has 2 N–H and O–H groups in total. The number of hydrogen-bond donors (Lipinski definition) is 2. The normalized spacial score (nSPS) is 17.4.